The molecule has 0 aliphatic heterocycles. The molecule has 1 aromatic heterocycles. The van der Waals surface area contributed by atoms with Crippen LogP contribution in [0.25, 0.3) is 0 Å². The predicted octanol–water partition coefficient (Wildman–Crippen LogP) is 1.35. The Morgan fingerprint density at radius 3 is 1.63 bits per heavy atom. The Labute approximate surface area is 201 Å². The molecule has 0 radical (unpaired) electrons. The molecule has 0 saturated heterocycles. The van der Waals surface area contributed by atoms with Crippen molar-refractivity contribution in [1.29, 1.82) is 0 Å². The third kappa shape index (κ3) is 7.39. The first-order valence-corrected chi connectivity index (χ1v) is 10.7. The van der Waals surface area contributed by atoms with Crippen molar-refractivity contribution in [1.82, 2.24) is 14.5 Å². The second-order valence-corrected chi connectivity index (χ2v) is 7.88. The zero-order valence-electron chi connectivity index (χ0n) is 18.8. The molecule has 0 aliphatic carbocycles. The van der Waals surface area contributed by atoms with Crippen LogP contribution in [0.15, 0.2) is 60.7 Å². The zero-order valence-corrected chi connectivity index (χ0v) is 18.8. The quantitative estimate of drug-likeness (QED) is 0.254. The fraction of sp³-hybridized carbons (Fsp3) is 0.250. The summed E-state index contributed by atoms with van der Waals surface area (Å²) < 4.78 is 0.579. The van der Waals surface area contributed by atoms with Gasteiger partial charge in [0.2, 0.25) is 11.8 Å². The van der Waals surface area contributed by atoms with Crippen LogP contribution in [0.3, 0.4) is 0 Å². The van der Waals surface area contributed by atoms with Gasteiger partial charge >= 0.3 is 11.9 Å². The van der Waals surface area contributed by atoms with Gasteiger partial charge in [0.25, 0.3) is 0 Å². The van der Waals surface area contributed by atoms with E-state index < -0.39 is 23.7 Å². The van der Waals surface area contributed by atoms with E-state index in [9.17, 15) is 35.1 Å². The summed E-state index contributed by atoms with van der Waals surface area (Å²) in [5, 5.41) is 49.0. The number of phenols is 2. The second-order valence-electron chi connectivity index (χ2n) is 7.88. The highest BCUT2D eigenvalue weighted by atomic mass is 16.7. The number of hydrogen-bond donors (Lipinski definition) is 5. The van der Waals surface area contributed by atoms with Crippen LogP contribution in [0.4, 0.5) is 0 Å². The van der Waals surface area contributed by atoms with Gasteiger partial charge in [0.1, 0.15) is 11.5 Å². The maximum absolute atomic E-state index is 12.5. The molecule has 0 fully saturated rings. The van der Waals surface area contributed by atoms with Crippen molar-refractivity contribution >= 4 is 11.9 Å². The monoisotopic (exact) mass is 485 g/mol. The number of aromatic nitrogens is 1. The number of carboxylic acids is 1. The minimum absolute atomic E-state index is 0.0307. The van der Waals surface area contributed by atoms with E-state index in [1.165, 1.54) is 12.1 Å². The summed E-state index contributed by atoms with van der Waals surface area (Å²) in [6.07, 6.45) is 0. The Morgan fingerprint density at radius 1 is 0.714 bits per heavy atom. The summed E-state index contributed by atoms with van der Waals surface area (Å²) in [5.41, 5.74) is 1.09. The summed E-state index contributed by atoms with van der Waals surface area (Å²) in [7, 11) is 0. The maximum Gasteiger partial charge on any atom is 0.347 e. The number of carboxylic acid groups (broad SMARTS) is 1. The van der Waals surface area contributed by atoms with Gasteiger partial charge in [-0.2, -0.15) is 0 Å². The summed E-state index contributed by atoms with van der Waals surface area (Å²) in [5.74, 6) is -2.69. The molecule has 186 valence electrons. The van der Waals surface area contributed by atoms with Crippen molar-refractivity contribution in [2.24, 2.45) is 0 Å². The third-order valence-corrected chi connectivity index (χ3v) is 5.21. The normalized spacial score (nSPS) is 11.1. The Hall–Kier alpha value is -4.22. The fourth-order valence-electron chi connectivity index (χ4n) is 3.48. The van der Waals surface area contributed by atoms with Crippen molar-refractivity contribution in [2.75, 3.05) is 26.2 Å². The largest absolute Gasteiger partial charge is 0.508 e. The Bertz CT molecular complexity index is 1140. The lowest BCUT2D eigenvalue weighted by Gasteiger charge is -2.26. The number of hydrogen-bond acceptors (Lipinski definition) is 9. The highest BCUT2D eigenvalue weighted by Crippen LogP contribution is 2.21. The first-order chi connectivity index (χ1) is 16.7. The van der Waals surface area contributed by atoms with Crippen LogP contribution in [0.2, 0.25) is 0 Å². The van der Waals surface area contributed by atoms with Crippen LogP contribution < -0.4 is 4.84 Å². The van der Waals surface area contributed by atoms with Crippen molar-refractivity contribution in [3.05, 3.63) is 71.8 Å². The molecular formula is C24H27N3O8. The fourth-order valence-corrected chi connectivity index (χ4v) is 3.48. The average Bonchev–Trinajstić information content (AvgIpc) is 3.12. The van der Waals surface area contributed by atoms with Gasteiger partial charge in [-0.3, -0.25) is 14.6 Å². The first kappa shape index (κ1) is 25.4. The summed E-state index contributed by atoms with van der Waals surface area (Å²) in [4.78, 5) is 32.2. The molecule has 11 heteroatoms. The number of aliphatic carboxylic acids is 1. The van der Waals surface area contributed by atoms with Gasteiger partial charge in [-0.05, 0) is 12.1 Å². The molecule has 0 atom stereocenters. The first-order valence-electron chi connectivity index (χ1n) is 10.7. The van der Waals surface area contributed by atoms with E-state index >= 15 is 0 Å². The minimum atomic E-state index is -1.05. The van der Waals surface area contributed by atoms with Gasteiger partial charge in [-0.1, -0.05) is 36.4 Å². The Kier molecular flexibility index (Phi) is 8.54. The molecule has 0 amide bonds. The number of carbonyl (C=O) groups is 2. The van der Waals surface area contributed by atoms with E-state index in [1.54, 1.807) is 46.2 Å². The lowest BCUT2D eigenvalue weighted by Crippen LogP contribution is -2.40. The van der Waals surface area contributed by atoms with Gasteiger partial charge in [-0.15, -0.1) is 4.73 Å². The number of para-hydroxylation sites is 2. The summed E-state index contributed by atoms with van der Waals surface area (Å²) in [6.45, 7) is 0.133. The summed E-state index contributed by atoms with van der Waals surface area (Å²) in [6, 6.07) is 15.5. The molecule has 3 rings (SSSR count). The van der Waals surface area contributed by atoms with Crippen LogP contribution in [-0.2, 0) is 22.7 Å². The number of carbonyl (C=O) groups excluding carboxylic acids is 1. The minimum Gasteiger partial charge on any atom is -0.508 e. The number of benzene rings is 2. The number of aromatic hydroxyl groups is 4. The van der Waals surface area contributed by atoms with E-state index in [2.05, 4.69) is 0 Å². The topological polar surface area (TPSA) is 156 Å². The van der Waals surface area contributed by atoms with Crippen LogP contribution >= 0.6 is 0 Å². The van der Waals surface area contributed by atoms with Gasteiger partial charge in [0.05, 0.1) is 13.1 Å². The molecule has 0 bridgehead atoms. The zero-order chi connectivity index (χ0) is 25.4. The van der Waals surface area contributed by atoms with E-state index in [4.69, 9.17) is 4.84 Å². The number of nitrogens with zero attached hydrogens (tertiary/aromatic N) is 3. The van der Waals surface area contributed by atoms with E-state index in [0.29, 0.717) is 15.9 Å². The molecule has 35 heavy (non-hydrogen) atoms. The van der Waals surface area contributed by atoms with E-state index in [-0.39, 0.29) is 50.8 Å². The van der Waals surface area contributed by atoms with Crippen LogP contribution in [0.1, 0.15) is 11.1 Å². The van der Waals surface area contributed by atoms with Crippen LogP contribution in [-0.4, -0.2) is 78.2 Å². The summed E-state index contributed by atoms with van der Waals surface area (Å²) >= 11 is 0. The molecule has 1 heterocycles. The van der Waals surface area contributed by atoms with Crippen LogP contribution in [0.5, 0.6) is 23.3 Å². The van der Waals surface area contributed by atoms with Crippen molar-refractivity contribution in [3.8, 4) is 23.3 Å². The molecule has 0 saturated carbocycles. The van der Waals surface area contributed by atoms with Gasteiger partial charge in [0, 0.05) is 49.4 Å². The molecular weight excluding hydrogens is 458 g/mol. The molecule has 0 spiro atoms. The van der Waals surface area contributed by atoms with Crippen molar-refractivity contribution in [2.45, 2.75) is 13.1 Å². The molecule has 11 nitrogen and oxygen atoms in total. The van der Waals surface area contributed by atoms with E-state index in [0.717, 1.165) is 12.1 Å². The highest BCUT2D eigenvalue weighted by Gasteiger charge is 2.20. The lowest BCUT2D eigenvalue weighted by molar-refractivity contribution is -0.147. The maximum atomic E-state index is 12.5. The molecule has 0 aliphatic rings. The number of phenolic OH excluding ortho intramolecular Hbond substituents is 2. The third-order valence-electron chi connectivity index (χ3n) is 5.21. The van der Waals surface area contributed by atoms with Gasteiger partial charge in [-0.25, -0.2) is 4.79 Å². The smallest absolute Gasteiger partial charge is 0.347 e. The van der Waals surface area contributed by atoms with Crippen molar-refractivity contribution < 1.29 is 40.0 Å². The Balaban J connectivity index is 1.73. The molecule has 0 unspecified atom stereocenters. The van der Waals surface area contributed by atoms with Crippen molar-refractivity contribution in [3.63, 3.8) is 0 Å². The lowest BCUT2D eigenvalue weighted by atomic mass is 10.1. The molecule has 3 aromatic rings. The predicted molar refractivity (Wildman–Crippen MR) is 124 cm³/mol. The highest BCUT2D eigenvalue weighted by molar-refractivity contribution is 5.72. The SMILES string of the molecule is O=C(O)CN(CCN(CC(=O)On1c(O)ccc1O)Cc1ccccc1O)Cc1ccccc1O. The van der Waals surface area contributed by atoms with E-state index in [1.807, 2.05) is 0 Å². The molecule has 2 aromatic carbocycles. The van der Waals surface area contributed by atoms with Crippen LogP contribution in [0, 0.1) is 0 Å². The Morgan fingerprint density at radius 2 is 1.17 bits per heavy atom. The number of rotatable bonds is 12. The average molecular weight is 485 g/mol. The van der Waals surface area contributed by atoms with Gasteiger partial charge < -0.3 is 30.4 Å². The standard InChI is InChI=1S/C24H27N3O8/c28-19-7-3-1-5-17(19)13-25(15-23(32)33)11-12-26(14-18-6-2-4-8-20(18)29)16-24(34)35-27-21(30)9-10-22(27)31/h1-10,28-31H,11-16H2,(H,32,33). The molecule has 5 N–H and O–H groups in total. The second kappa shape index (κ2) is 11.8. The van der Waals surface area contributed by atoms with Gasteiger partial charge in [0.15, 0.2) is 0 Å².